The Balaban J connectivity index is 2.24. The minimum absolute atomic E-state index is 0.216. The molecule has 0 saturated carbocycles. The third kappa shape index (κ3) is 3.45. The maximum absolute atomic E-state index is 12.3. The van der Waals surface area contributed by atoms with E-state index >= 15 is 0 Å². The quantitative estimate of drug-likeness (QED) is 0.869. The van der Waals surface area contributed by atoms with Gasteiger partial charge in [-0.05, 0) is 18.9 Å². The smallest absolute Gasteiger partial charge is 0.326 e. The number of nitrogens with one attached hydrogen (secondary N) is 1. The van der Waals surface area contributed by atoms with Crippen LogP contribution < -0.4 is 5.32 Å². The molecule has 2 aromatic rings. The van der Waals surface area contributed by atoms with Crippen molar-refractivity contribution in [2.24, 2.45) is 5.92 Å². The second-order valence-electron chi connectivity index (χ2n) is 5.04. The van der Waals surface area contributed by atoms with E-state index < -0.39 is 17.9 Å². The molecular weight excluding hydrogens is 304 g/mol. The molecule has 1 atom stereocenters. The minimum Gasteiger partial charge on any atom is -0.480 e. The molecule has 2 aromatic heterocycles. The molecule has 1 amide bonds. The van der Waals surface area contributed by atoms with Crippen LogP contribution in [0.1, 0.15) is 29.2 Å². The normalized spacial score (nSPS) is 12.2. The van der Waals surface area contributed by atoms with Gasteiger partial charge in [0.15, 0.2) is 10.8 Å². The van der Waals surface area contributed by atoms with Crippen LogP contribution in [0.15, 0.2) is 18.5 Å². The fourth-order valence-corrected chi connectivity index (χ4v) is 2.75. The summed E-state index contributed by atoms with van der Waals surface area (Å²) in [6, 6.07) is 0.753. The van der Waals surface area contributed by atoms with E-state index in [2.05, 4.69) is 20.3 Å². The molecule has 2 heterocycles. The van der Waals surface area contributed by atoms with Crippen molar-refractivity contribution in [3.05, 3.63) is 29.0 Å². The molecule has 0 aliphatic carbocycles. The summed E-state index contributed by atoms with van der Waals surface area (Å²) in [7, 11) is 0. The van der Waals surface area contributed by atoms with Gasteiger partial charge in [0.1, 0.15) is 10.9 Å². The number of carboxylic acid groups (broad SMARTS) is 1. The molecule has 0 aromatic carbocycles. The molecule has 8 heteroatoms. The van der Waals surface area contributed by atoms with Crippen molar-refractivity contribution in [2.75, 3.05) is 0 Å². The Kier molecular flexibility index (Phi) is 4.81. The highest BCUT2D eigenvalue weighted by Gasteiger charge is 2.26. The van der Waals surface area contributed by atoms with Crippen LogP contribution in [-0.4, -0.2) is 38.0 Å². The number of carboxylic acids is 1. The van der Waals surface area contributed by atoms with Crippen molar-refractivity contribution in [2.45, 2.75) is 26.8 Å². The van der Waals surface area contributed by atoms with Crippen LogP contribution in [-0.2, 0) is 4.79 Å². The van der Waals surface area contributed by atoms with Crippen LogP contribution in [0.3, 0.4) is 0 Å². The lowest BCUT2D eigenvalue weighted by Crippen LogP contribution is -2.44. The van der Waals surface area contributed by atoms with E-state index in [0.29, 0.717) is 21.4 Å². The van der Waals surface area contributed by atoms with Gasteiger partial charge in [-0.15, -0.1) is 11.3 Å². The van der Waals surface area contributed by atoms with E-state index in [4.69, 9.17) is 5.11 Å². The summed E-state index contributed by atoms with van der Waals surface area (Å²) in [6.45, 7) is 5.17. The Labute approximate surface area is 131 Å². The van der Waals surface area contributed by atoms with E-state index in [0.717, 1.165) is 11.3 Å². The van der Waals surface area contributed by atoms with Crippen LogP contribution in [0.2, 0.25) is 0 Å². The summed E-state index contributed by atoms with van der Waals surface area (Å²) in [5, 5.41) is 12.2. The van der Waals surface area contributed by atoms with Crippen molar-refractivity contribution < 1.29 is 14.7 Å². The molecule has 2 N–H and O–H groups in total. The molecular formula is C14H16N4O3S. The van der Waals surface area contributed by atoms with E-state index in [1.807, 2.05) is 0 Å². The highest BCUT2D eigenvalue weighted by atomic mass is 32.1. The molecule has 116 valence electrons. The summed E-state index contributed by atoms with van der Waals surface area (Å²) >= 11 is 1.15. The summed E-state index contributed by atoms with van der Waals surface area (Å²) in [5.74, 6) is -1.28. The fraction of sp³-hybridized carbons (Fsp3) is 0.357. The predicted octanol–water partition coefficient (Wildman–Crippen LogP) is 1.75. The average molecular weight is 320 g/mol. The number of hydrogen-bond acceptors (Lipinski definition) is 6. The van der Waals surface area contributed by atoms with Gasteiger partial charge in [0.05, 0.1) is 5.69 Å². The Morgan fingerprint density at radius 3 is 2.45 bits per heavy atom. The molecule has 0 radical (unpaired) electrons. The summed E-state index contributed by atoms with van der Waals surface area (Å²) in [6.07, 6.45) is 3.19. The number of carbonyl (C=O) groups is 2. The zero-order valence-corrected chi connectivity index (χ0v) is 13.2. The molecule has 0 bridgehead atoms. The van der Waals surface area contributed by atoms with Crippen molar-refractivity contribution in [3.8, 4) is 10.8 Å². The molecule has 0 unspecified atom stereocenters. The number of aromatic nitrogens is 3. The number of hydrogen-bond donors (Lipinski definition) is 2. The van der Waals surface area contributed by atoms with Gasteiger partial charge < -0.3 is 10.4 Å². The molecule has 7 nitrogen and oxygen atoms in total. The number of aliphatic carboxylic acids is 1. The molecule has 2 rings (SSSR count). The van der Waals surface area contributed by atoms with Gasteiger partial charge in [-0.3, -0.25) is 4.79 Å². The first-order chi connectivity index (χ1) is 10.4. The lowest BCUT2D eigenvalue weighted by atomic mass is 10.0. The van der Waals surface area contributed by atoms with Crippen molar-refractivity contribution in [1.82, 2.24) is 20.3 Å². The van der Waals surface area contributed by atoms with E-state index in [-0.39, 0.29) is 5.92 Å². The Hall–Kier alpha value is -2.35. The highest BCUT2D eigenvalue weighted by molar-refractivity contribution is 7.17. The first kappa shape index (κ1) is 16.0. The third-order valence-corrected chi connectivity index (χ3v) is 4.13. The number of aryl methyl sites for hydroxylation is 1. The summed E-state index contributed by atoms with van der Waals surface area (Å²) < 4.78 is 0. The fourth-order valence-electron chi connectivity index (χ4n) is 1.83. The van der Waals surface area contributed by atoms with Crippen LogP contribution in [0.4, 0.5) is 0 Å². The summed E-state index contributed by atoms with van der Waals surface area (Å²) in [5.41, 5.74) is 0.526. The lowest BCUT2D eigenvalue weighted by molar-refractivity contribution is -0.140. The van der Waals surface area contributed by atoms with Gasteiger partial charge in [0, 0.05) is 12.4 Å². The van der Waals surface area contributed by atoms with Gasteiger partial charge in [-0.2, -0.15) is 0 Å². The van der Waals surface area contributed by atoms with E-state index in [1.165, 1.54) is 0 Å². The minimum atomic E-state index is -1.06. The van der Waals surface area contributed by atoms with Gasteiger partial charge in [-0.1, -0.05) is 13.8 Å². The number of amides is 1. The Morgan fingerprint density at radius 2 is 1.91 bits per heavy atom. The number of nitrogens with zero attached hydrogens (tertiary/aromatic N) is 3. The van der Waals surface area contributed by atoms with Crippen molar-refractivity contribution in [1.29, 1.82) is 0 Å². The highest BCUT2D eigenvalue weighted by Crippen LogP contribution is 2.25. The molecule has 0 spiro atoms. The average Bonchev–Trinajstić information content (AvgIpc) is 2.87. The van der Waals surface area contributed by atoms with E-state index in [1.54, 1.807) is 39.2 Å². The van der Waals surface area contributed by atoms with E-state index in [9.17, 15) is 9.59 Å². The maximum atomic E-state index is 12.3. The molecule has 0 fully saturated rings. The van der Waals surface area contributed by atoms with Crippen LogP contribution in [0, 0.1) is 12.8 Å². The second kappa shape index (κ2) is 6.61. The van der Waals surface area contributed by atoms with Crippen LogP contribution >= 0.6 is 11.3 Å². The first-order valence-corrected chi connectivity index (χ1v) is 7.50. The Bertz CT molecular complexity index is 685. The van der Waals surface area contributed by atoms with Crippen molar-refractivity contribution in [3.63, 3.8) is 0 Å². The number of thiazole rings is 1. The van der Waals surface area contributed by atoms with Gasteiger partial charge in [0.25, 0.3) is 5.91 Å². The van der Waals surface area contributed by atoms with Gasteiger partial charge in [0.2, 0.25) is 0 Å². The standard InChI is InChI=1S/C14H16N4O3S/c1-7(2)9(14(20)21)18-12(19)10-8(3)17-13(22-10)11-15-5-4-6-16-11/h4-7,9H,1-3H3,(H,18,19)(H,20,21)/t9-/m1/s1. The Morgan fingerprint density at radius 1 is 1.27 bits per heavy atom. The van der Waals surface area contributed by atoms with Gasteiger partial charge in [-0.25, -0.2) is 19.7 Å². The second-order valence-corrected chi connectivity index (χ2v) is 6.04. The van der Waals surface area contributed by atoms with Crippen molar-refractivity contribution >= 4 is 23.2 Å². The monoisotopic (exact) mass is 320 g/mol. The first-order valence-electron chi connectivity index (χ1n) is 6.68. The van der Waals surface area contributed by atoms with Crippen LogP contribution in [0.25, 0.3) is 10.8 Å². The number of rotatable bonds is 5. The number of carbonyl (C=O) groups excluding carboxylic acids is 1. The maximum Gasteiger partial charge on any atom is 0.326 e. The predicted molar refractivity (Wildman–Crippen MR) is 81.6 cm³/mol. The molecule has 0 saturated heterocycles. The van der Waals surface area contributed by atoms with Crippen LogP contribution in [0.5, 0.6) is 0 Å². The third-order valence-electron chi connectivity index (χ3n) is 2.98. The van der Waals surface area contributed by atoms with Gasteiger partial charge >= 0.3 is 5.97 Å². The molecule has 22 heavy (non-hydrogen) atoms. The summed E-state index contributed by atoms with van der Waals surface area (Å²) in [4.78, 5) is 36.3. The largest absolute Gasteiger partial charge is 0.480 e. The topological polar surface area (TPSA) is 105 Å². The SMILES string of the molecule is Cc1nc(-c2ncccn2)sc1C(=O)N[C@@H](C(=O)O)C(C)C. The zero-order chi connectivity index (χ0) is 16.3. The zero-order valence-electron chi connectivity index (χ0n) is 12.4. The molecule has 0 aliphatic heterocycles. The molecule has 0 aliphatic rings. The lowest BCUT2D eigenvalue weighted by Gasteiger charge is -2.17.